The summed E-state index contributed by atoms with van der Waals surface area (Å²) in [5, 5.41) is 12.5. The second kappa shape index (κ2) is 16.8. The van der Waals surface area contributed by atoms with Crippen LogP contribution in [-0.2, 0) is 21.4 Å². The number of alkyl halides is 3. The van der Waals surface area contributed by atoms with Gasteiger partial charge in [0.25, 0.3) is 0 Å². The standard InChI is InChI=1S/C37H46F4O4/c1-4-5-6-7-8-9-10-11-14-27-18-20-28(21-19-27)29-23-24-36(35(43)44,32(38)25-29)31-16-13-12-15-30(31)34(42)45-33(37(39,40)41)22-17-26(2)3/h12-13,15-16,18-21,23-26,29,33H,4-11,14,17,22H2,1-3H3,(H,43,44)/p-1. The first-order valence-corrected chi connectivity index (χ1v) is 16.1. The van der Waals surface area contributed by atoms with E-state index in [2.05, 4.69) is 6.92 Å². The van der Waals surface area contributed by atoms with E-state index in [0.29, 0.717) is 0 Å². The maximum atomic E-state index is 16.0. The number of carboxylic acid groups (broad SMARTS) is 1. The molecule has 45 heavy (non-hydrogen) atoms. The Morgan fingerprint density at radius 3 is 2.11 bits per heavy atom. The molecule has 0 amide bonds. The van der Waals surface area contributed by atoms with Crippen molar-refractivity contribution >= 4 is 11.9 Å². The number of benzene rings is 2. The quantitative estimate of drug-likeness (QED) is 0.0758. The Labute approximate surface area is 264 Å². The van der Waals surface area contributed by atoms with Crippen molar-refractivity contribution in [3.05, 3.63) is 94.8 Å². The molecular formula is C37H45F4O4-. The molecule has 2 aromatic rings. The van der Waals surface area contributed by atoms with Crippen LogP contribution < -0.4 is 5.11 Å². The molecule has 0 fully saturated rings. The van der Waals surface area contributed by atoms with Gasteiger partial charge in [-0.3, -0.25) is 0 Å². The lowest BCUT2D eigenvalue weighted by Crippen LogP contribution is -2.47. The maximum Gasteiger partial charge on any atom is 0.425 e. The van der Waals surface area contributed by atoms with Crippen molar-refractivity contribution in [3.8, 4) is 0 Å². The zero-order valence-electron chi connectivity index (χ0n) is 26.5. The minimum Gasteiger partial charge on any atom is -0.548 e. The summed E-state index contributed by atoms with van der Waals surface area (Å²) in [4.78, 5) is 25.6. The summed E-state index contributed by atoms with van der Waals surface area (Å²) in [6, 6.07) is 12.8. The first-order valence-electron chi connectivity index (χ1n) is 16.1. The van der Waals surface area contributed by atoms with Crippen molar-refractivity contribution in [2.24, 2.45) is 5.92 Å². The van der Waals surface area contributed by atoms with Crippen molar-refractivity contribution in [1.82, 2.24) is 0 Å². The van der Waals surface area contributed by atoms with Crippen LogP contribution in [0.1, 0.15) is 118 Å². The smallest absolute Gasteiger partial charge is 0.425 e. The molecule has 2 aromatic carbocycles. The van der Waals surface area contributed by atoms with Crippen LogP contribution in [0.4, 0.5) is 17.6 Å². The lowest BCUT2D eigenvalue weighted by Gasteiger charge is -2.35. The van der Waals surface area contributed by atoms with Crippen LogP contribution in [0.15, 0.2) is 72.6 Å². The lowest BCUT2D eigenvalue weighted by molar-refractivity contribution is -0.310. The SMILES string of the molecule is CCCCCCCCCCc1ccc(C2C=CC(C(=O)[O-])(c3ccccc3C(=O)OC(CCC(C)C)C(F)(F)F)C(F)=C2)cc1. The number of rotatable bonds is 17. The minimum absolute atomic E-state index is 0.0622. The van der Waals surface area contributed by atoms with E-state index >= 15 is 4.39 Å². The van der Waals surface area contributed by atoms with Gasteiger partial charge in [-0.2, -0.15) is 13.2 Å². The molecule has 1 aliphatic carbocycles. The average Bonchev–Trinajstić information content (AvgIpc) is 3.00. The Kier molecular flexibility index (Phi) is 13.4. The molecule has 0 saturated carbocycles. The number of allylic oxidation sites excluding steroid dienone is 2. The summed E-state index contributed by atoms with van der Waals surface area (Å²) in [6.07, 6.45) is 7.06. The molecule has 1 aliphatic rings. The fourth-order valence-corrected chi connectivity index (χ4v) is 5.71. The second-order valence-electron chi connectivity index (χ2n) is 12.4. The van der Waals surface area contributed by atoms with Crippen LogP contribution >= 0.6 is 0 Å². The van der Waals surface area contributed by atoms with E-state index in [9.17, 15) is 27.9 Å². The van der Waals surface area contributed by atoms with Gasteiger partial charge in [-0.05, 0) is 60.4 Å². The van der Waals surface area contributed by atoms with Crippen molar-refractivity contribution in [1.29, 1.82) is 0 Å². The summed E-state index contributed by atoms with van der Waals surface area (Å²) in [5.74, 6) is -4.97. The van der Waals surface area contributed by atoms with Gasteiger partial charge in [0.1, 0.15) is 11.2 Å². The first kappa shape index (κ1) is 36.1. The number of hydrogen-bond acceptors (Lipinski definition) is 4. The second-order valence-corrected chi connectivity index (χ2v) is 12.4. The molecule has 3 unspecified atom stereocenters. The third kappa shape index (κ3) is 9.78. The predicted octanol–water partition coefficient (Wildman–Crippen LogP) is 9.09. The van der Waals surface area contributed by atoms with E-state index in [1.165, 1.54) is 69.2 Å². The van der Waals surface area contributed by atoms with E-state index in [1.807, 2.05) is 24.3 Å². The van der Waals surface area contributed by atoms with E-state index < -0.39 is 53.4 Å². The molecule has 246 valence electrons. The zero-order valence-corrected chi connectivity index (χ0v) is 26.5. The van der Waals surface area contributed by atoms with Crippen molar-refractivity contribution in [3.63, 3.8) is 0 Å². The topological polar surface area (TPSA) is 66.4 Å². The van der Waals surface area contributed by atoms with Gasteiger partial charge in [0.15, 0.2) is 6.10 Å². The Bertz CT molecular complexity index is 1310. The summed E-state index contributed by atoms with van der Waals surface area (Å²) >= 11 is 0. The highest BCUT2D eigenvalue weighted by Gasteiger charge is 2.45. The van der Waals surface area contributed by atoms with Crippen molar-refractivity contribution < 1.29 is 37.0 Å². The average molecular weight is 630 g/mol. The Morgan fingerprint density at radius 2 is 1.53 bits per heavy atom. The number of esters is 1. The zero-order chi connectivity index (χ0) is 33.0. The highest BCUT2D eigenvalue weighted by Crippen LogP contribution is 2.43. The van der Waals surface area contributed by atoms with Gasteiger partial charge in [0.05, 0.1) is 11.5 Å². The molecule has 4 nitrogen and oxygen atoms in total. The molecule has 3 atom stereocenters. The Hall–Kier alpha value is -3.42. The monoisotopic (exact) mass is 629 g/mol. The largest absolute Gasteiger partial charge is 0.548 e. The van der Waals surface area contributed by atoms with Crippen molar-refractivity contribution in [2.75, 3.05) is 0 Å². The van der Waals surface area contributed by atoms with E-state index in [0.717, 1.165) is 42.2 Å². The molecule has 0 bridgehead atoms. The van der Waals surface area contributed by atoms with Gasteiger partial charge < -0.3 is 14.6 Å². The van der Waals surface area contributed by atoms with Crippen LogP contribution in [-0.4, -0.2) is 24.2 Å². The van der Waals surface area contributed by atoms with Gasteiger partial charge in [0, 0.05) is 5.92 Å². The van der Waals surface area contributed by atoms with E-state index in [1.54, 1.807) is 13.8 Å². The minimum atomic E-state index is -4.82. The molecule has 0 radical (unpaired) electrons. The van der Waals surface area contributed by atoms with E-state index in [-0.39, 0.29) is 17.9 Å². The number of halogens is 4. The summed E-state index contributed by atoms with van der Waals surface area (Å²) in [6.45, 7) is 5.71. The third-order valence-corrected chi connectivity index (χ3v) is 8.45. The highest BCUT2D eigenvalue weighted by molar-refractivity contribution is 5.97. The Balaban J connectivity index is 1.75. The highest BCUT2D eigenvalue weighted by atomic mass is 19.4. The fourth-order valence-electron chi connectivity index (χ4n) is 5.71. The molecule has 0 aliphatic heterocycles. The molecule has 3 rings (SSSR count). The number of ether oxygens (including phenoxy) is 1. The van der Waals surface area contributed by atoms with Crippen LogP contribution in [0.3, 0.4) is 0 Å². The van der Waals surface area contributed by atoms with Gasteiger partial charge in [-0.1, -0.05) is 120 Å². The van der Waals surface area contributed by atoms with E-state index in [4.69, 9.17) is 4.74 Å². The Morgan fingerprint density at radius 1 is 0.911 bits per heavy atom. The normalized spacial score (nSPS) is 18.9. The maximum absolute atomic E-state index is 16.0. The van der Waals surface area contributed by atoms with Gasteiger partial charge in [-0.15, -0.1) is 0 Å². The summed E-state index contributed by atoms with van der Waals surface area (Å²) in [7, 11) is 0. The van der Waals surface area contributed by atoms with Gasteiger partial charge >= 0.3 is 12.1 Å². The molecular weight excluding hydrogens is 584 g/mol. The fraction of sp³-hybridized carbons (Fsp3) is 0.514. The van der Waals surface area contributed by atoms with Crippen LogP contribution in [0.2, 0.25) is 0 Å². The number of aryl methyl sites for hydroxylation is 1. The van der Waals surface area contributed by atoms with Gasteiger partial charge in [-0.25, -0.2) is 9.18 Å². The molecule has 0 N–H and O–H groups in total. The predicted molar refractivity (Wildman–Crippen MR) is 166 cm³/mol. The molecule has 0 saturated heterocycles. The number of hydrogen-bond donors (Lipinski definition) is 0. The summed E-state index contributed by atoms with van der Waals surface area (Å²) < 4.78 is 61.8. The molecule has 8 heteroatoms. The van der Waals surface area contributed by atoms with Crippen LogP contribution in [0.5, 0.6) is 0 Å². The number of unbranched alkanes of at least 4 members (excludes halogenated alkanes) is 7. The number of carboxylic acids is 1. The number of carbonyl (C=O) groups excluding carboxylic acids is 2. The van der Waals surface area contributed by atoms with Gasteiger partial charge in [0.2, 0.25) is 0 Å². The van der Waals surface area contributed by atoms with Crippen LogP contribution in [0, 0.1) is 5.92 Å². The molecule has 0 spiro atoms. The number of carbonyl (C=O) groups is 2. The first-order chi connectivity index (χ1) is 21.4. The molecule has 0 heterocycles. The summed E-state index contributed by atoms with van der Waals surface area (Å²) in [5.41, 5.74) is -1.43. The number of aliphatic carboxylic acids is 1. The third-order valence-electron chi connectivity index (χ3n) is 8.45. The van der Waals surface area contributed by atoms with Crippen LogP contribution in [0.25, 0.3) is 0 Å². The molecule has 0 aromatic heterocycles. The van der Waals surface area contributed by atoms with Crippen molar-refractivity contribution in [2.45, 2.75) is 115 Å². The lowest BCUT2D eigenvalue weighted by atomic mass is 9.72.